The van der Waals surface area contributed by atoms with Gasteiger partial charge >= 0.3 is 0 Å². The first kappa shape index (κ1) is 12.6. The zero-order valence-electron chi connectivity index (χ0n) is 10.7. The molecule has 2 rings (SSSR count). The molecule has 96 valence electrons. The highest BCUT2D eigenvalue weighted by Crippen LogP contribution is 2.35. The van der Waals surface area contributed by atoms with Gasteiger partial charge in [-0.3, -0.25) is 9.59 Å². The second kappa shape index (κ2) is 4.80. The Kier molecular flexibility index (Phi) is 3.36. The van der Waals surface area contributed by atoms with Crippen molar-refractivity contribution in [3.8, 4) is 0 Å². The minimum absolute atomic E-state index is 0.148. The molecule has 0 saturated carbocycles. The molecule has 18 heavy (non-hydrogen) atoms. The van der Waals surface area contributed by atoms with Gasteiger partial charge in [0.25, 0.3) is 0 Å². The number of hydrogen-bond acceptors (Lipinski definition) is 2. The van der Waals surface area contributed by atoms with Crippen LogP contribution in [-0.2, 0) is 21.5 Å². The van der Waals surface area contributed by atoms with E-state index >= 15 is 0 Å². The highest BCUT2D eigenvalue weighted by atomic mass is 16.2. The van der Waals surface area contributed by atoms with Crippen LogP contribution in [0.5, 0.6) is 0 Å². The Morgan fingerprint density at radius 3 is 2.67 bits per heavy atom. The summed E-state index contributed by atoms with van der Waals surface area (Å²) in [4.78, 5) is 23.7. The van der Waals surface area contributed by atoms with Crippen molar-refractivity contribution in [1.82, 2.24) is 10.6 Å². The summed E-state index contributed by atoms with van der Waals surface area (Å²) in [5.74, 6) is -0.333. The smallest absolute Gasteiger partial charge is 0.250 e. The number of amides is 2. The van der Waals surface area contributed by atoms with Crippen LogP contribution in [0.2, 0.25) is 0 Å². The molecule has 0 spiro atoms. The largest absolute Gasteiger partial charge is 0.357 e. The minimum Gasteiger partial charge on any atom is -0.357 e. The number of likely N-dealkylation sites (N-methyl/N-ethyl adjacent to an activating group) is 1. The highest BCUT2D eigenvalue weighted by molar-refractivity contribution is 5.92. The third-order valence-corrected chi connectivity index (χ3v) is 3.48. The summed E-state index contributed by atoms with van der Waals surface area (Å²) >= 11 is 0. The molecule has 4 heteroatoms. The highest BCUT2D eigenvalue weighted by Gasteiger charge is 2.43. The first-order valence-electron chi connectivity index (χ1n) is 6.19. The number of rotatable bonds is 2. The predicted molar refractivity (Wildman–Crippen MR) is 68.9 cm³/mol. The van der Waals surface area contributed by atoms with Crippen molar-refractivity contribution >= 4 is 11.8 Å². The van der Waals surface area contributed by atoms with Crippen LogP contribution in [-0.4, -0.2) is 18.9 Å². The normalized spacial score (nSPS) is 21.9. The Hall–Kier alpha value is -1.84. The first-order chi connectivity index (χ1) is 8.60. The molecule has 2 N–H and O–H groups in total. The molecule has 4 nitrogen and oxygen atoms in total. The Bertz CT molecular complexity index is 484. The first-order valence-corrected chi connectivity index (χ1v) is 6.19. The van der Waals surface area contributed by atoms with Gasteiger partial charge in [0.05, 0.1) is 0 Å². The average molecular weight is 246 g/mol. The van der Waals surface area contributed by atoms with Gasteiger partial charge < -0.3 is 10.6 Å². The standard InChI is InChI=1S/C14H18N2O2/c1-10(17)16-14(13(18)15-2)9-5-7-11-6-3-4-8-12(11)14/h3-4,6,8H,5,7,9H2,1-2H3,(H,15,18)(H,16,17)/t14-/m0/s1. The van der Waals surface area contributed by atoms with Crippen LogP contribution in [0, 0.1) is 0 Å². The van der Waals surface area contributed by atoms with Crippen LogP contribution in [0.25, 0.3) is 0 Å². The van der Waals surface area contributed by atoms with Gasteiger partial charge in [0.15, 0.2) is 0 Å². The number of fused-ring (bicyclic) bond motifs is 1. The SMILES string of the molecule is CNC(=O)[C@]1(NC(C)=O)CCCc2ccccc21. The van der Waals surface area contributed by atoms with Crippen molar-refractivity contribution in [2.75, 3.05) is 7.05 Å². The van der Waals surface area contributed by atoms with Crippen LogP contribution in [0.4, 0.5) is 0 Å². The van der Waals surface area contributed by atoms with Gasteiger partial charge in [-0.2, -0.15) is 0 Å². The maximum Gasteiger partial charge on any atom is 0.250 e. The molecule has 1 aliphatic carbocycles. The van der Waals surface area contributed by atoms with Crippen molar-refractivity contribution in [3.63, 3.8) is 0 Å². The van der Waals surface area contributed by atoms with Gasteiger partial charge in [0, 0.05) is 14.0 Å². The number of hydrogen-bond donors (Lipinski definition) is 2. The lowest BCUT2D eigenvalue weighted by molar-refractivity contribution is -0.133. The molecular formula is C14H18N2O2. The second-order valence-electron chi connectivity index (χ2n) is 4.68. The van der Waals surface area contributed by atoms with E-state index in [1.807, 2.05) is 24.3 Å². The Balaban J connectivity index is 2.54. The Morgan fingerprint density at radius 1 is 1.28 bits per heavy atom. The van der Waals surface area contributed by atoms with Crippen LogP contribution >= 0.6 is 0 Å². The number of carbonyl (C=O) groups is 2. The molecular weight excluding hydrogens is 228 g/mol. The Morgan fingerprint density at radius 2 is 2.00 bits per heavy atom. The van der Waals surface area contributed by atoms with Crippen LogP contribution in [0.1, 0.15) is 30.9 Å². The number of carbonyl (C=O) groups excluding carboxylic acids is 2. The molecule has 1 aromatic carbocycles. The molecule has 0 aliphatic heterocycles. The van der Waals surface area contributed by atoms with Crippen molar-refractivity contribution in [1.29, 1.82) is 0 Å². The molecule has 0 radical (unpaired) electrons. The summed E-state index contributed by atoms with van der Waals surface area (Å²) in [7, 11) is 1.60. The zero-order valence-corrected chi connectivity index (χ0v) is 10.7. The fraction of sp³-hybridized carbons (Fsp3) is 0.429. The molecule has 1 aliphatic rings. The maximum absolute atomic E-state index is 12.3. The molecule has 0 aromatic heterocycles. The molecule has 1 atom stereocenters. The summed E-state index contributed by atoms with van der Waals surface area (Å²) in [5.41, 5.74) is 1.15. The molecule has 0 saturated heterocycles. The predicted octanol–water partition coefficient (Wildman–Crippen LogP) is 1.10. The zero-order chi connectivity index (χ0) is 13.2. The Labute approximate surface area is 107 Å². The van der Waals surface area contributed by atoms with Gasteiger partial charge in [-0.05, 0) is 30.4 Å². The van der Waals surface area contributed by atoms with Crippen LogP contribution in [0.15, 0.2) is 24.3 Å². The van der Waals surface area contributed by atoms with E-state index in [0.29, 0.717) is 6.42 Å². The van der Waals surface area contributed by atoms with Gasteiger partial charge in [-0.15, -0.1) is 0 Å². The monoisotopic (exact) mass is 246 g/mol. The van der Waals surface area contributed by atoms with E-state index in [1.165, 1.54) is 6.92 Å². The van der Waals surface area contributed by atoms with E-state index in [2.05, 4.69) is 10.6 Å². The lowest BCUT2D eigenvalue weighted by Gasteiger charge is -2.37. The van der Waals surface area contributed by atoms with Gasteiger partial charge in [-0.1, -0.05) is 24.3 Å². The third-order valence-electron chi connectivity index (χ3n) is 3.48. The van der Waals surface area contributed by atoms with Crippen molar-refractivity contribution in [2.24, 2.45) is 0 Å². The number of nitrogens with one attached hydrogen (secondary N) is 2. The fourth-order valence-corrected chi connectivity index (χ4v) is 2.77. The number of aryl methyl sites for hydroxylation is 1. The number of benzene rings is 1. The molecule has 0 heterocycles. The minimum atomic E-state index is -0.907. The van der Waals surface area contributed by atoms with Gasteiger partial charge in [-0.25, -0.2) is 0 Å². The average Bonchev–Trinajstić information content (AvgIpc) is 2.37. The summed E-state index contributed by atoms with van der Waals surface area (Å²) < 4.78 is 0. The van der Waals surface area contributed by atoms with E-state index in [1.54, 1.807) is 7.05 Å². The van der Waals surface area contributed by atoms with E-state index < -0.39 is 5.54 Å². The molecule has 2 amide bonds. The van der Waals surface area contributed by atoms with Gasteiger partial charge in [0.1, 0.15) is 5.54 Å². The fourth-order valence-electron chi connectivity index (χ4n) is 2.77. The van der Waals surface area contributed by atoms with Gasteiger partial charge in [0.2, 0.25) is 11.8 Å². The van der Waals surface area contributed by atoms with Crippen LogP contribution in [0.3, 0.4) is 0 Å². The summed E-state index contributed by atoms with van der Waals surface area (Å²) in [6.45, 7) is 1.45. The molecule has 0 fully saturated rings. The van der Waals surface area contributed by atoms with Crippen molar-refractivity contribution in [3.05, 3.63) is 35.4 Å². The summed E-state index contributed by atoms with van der Waals surface area (Å²) in [6, 6.07) is 7.82. The summed E-state index contributed by atoms with van der Waals surface area (Å²) in [6.07, 6.45) is 2.49. The second-order valence-corrected chi connectivity index (χ2v) is 4.68. The van der Waals surface area contributed by atoms with E-state index in [-0.39, 0.29) is 11.8 Å². The quantitative estimate of drug-likeness (QED) is 0.821. The molecule has 0 unspecified atom stereocenters. The lowest BCUT2D eigenvalue weighted by atomic mass is 9.75. The molecule has 0 bridgehead atoms. The maximum atomic E-state index is 12.3. The molecule has 1 aromatic rings. The topological polar surface area (TPSA) is 58.2 Å². The van der Waals surface area contributed by atoms with E-state index in [0.717, 1.165) is 24.0 Å². The summed E-state index contributed by atoms with van der Waals surface area (Å²) in [5, 5.41) is 5.52. The van der Waals surface area contributed by atoms with Crippen LogP contribution < -0.4 is 10.6 Å². The van der Waals surface area contributed by atoms with E-state index in [4.69, 9.17) is 0 Å². The van der Waals surface area contributed by atoms with Crippen molar-refractivity contribution < 1.29 is 9.59 Å². The lowest BCUT2D eigenvalue weighted by Crippen LogP contribution is -2.56. The van der Waals surface area contributed by atoms with Crippen molar-refractivity contribution in [2.45, 2.75) is 31.7 Å². The van der Waals surface area contributed by atoms with E-state index in [9.17, 15) is 9.59 Å². The third kappa shape index (κ3) is 1.98.